The summed E-state index contributed by atoms with van der Waals surface area (Å²) >= 11 is 0. The van der Waals surface area contributed by atoms with Crippen LogP contribution in [-0.2, 0) is 0 Å². The third-order valence-corrected chi connectivity index (χ3v) is 2.89. The number of aromatic amines is 1. The molecule has 0 atom stereocenters. The van der Waals surface area contributed by atoms with Crippen molar-refractivity contribution < 1.29 is 5.11 Å². The van der Waals surface area contributed by atoms with Crippen LogP contribution in [0.2, 0.25) is 0 Å². The van der Waals surface area contributed by atoms with Crippen LogP contribution in [0.5, 0.6) is 5.75 Å². The molecular formula is C15H12N2O. The van der Waals surface area contributed by atoms with Gasteiger partial charge in [0.15, 0.2) is 0 Å². The summed E-state index contributed by atoms with van der Waals surface area (Å²) < 4.78 is 0. The first-order valence-electron chi connectivity index (χ1n) is 5.71. The second-order valence-electron chi connectivity index (χ2n) is 4.07. The molecule has 0 bridgehead atoms. The van der Waals surface area contributed by atoms with E-state index in [1.165, 1.54) is 0 Å². The average molecular weight is 236 g/mol. The number of benzene rings is 1. The van der Waals surface area contributed by atoms with Gasteiger partial charge in [0, 0.05) is 35.9 Å². The van der Waals surface area contributed by atoms with Crippen molar-refractivity contribution in [2.24, 2.45) is 0 Å². The van der Waals surface area contributed by atoms with Crippen molar-refractivity contribution in [1.29, 1.82) is 0 Å². The number of aromatic nitrogens is 2. The molecule has 0 unspecified atom stereocenters. The second-order valence-corrected chi connectivity index (χ2v) is 4.07. The van der Waals surface area contributed by atoms with Gasteiger partial charge in [-0.15, -0.1) is 0 Å². The maximum atomic E-state index is 9.55. The lowest BCUT2D eigenvalue weighted by Gasteiger charge is -2.04. The van der Waals surface area contributed by atoms with Gasteiger partial charge in [-0.2, -0.15) is 0 Å². The van der Waals surface area contributed by atoms with Gasteiger partial charge in [-0.1, -0.05) is 12.1 Å². The molecule has 2 N–H and O–H groups in total. The smallest absolute Gasteiger partial charge is 0.116 e. The number of aromatic hydroxyl groups is 1. The normalized spacial score (nSPS) is 10.4. The summed E-state index contributed by atoms with van der Waals surface area (Å²) in [5.41, 5.74) is 4.26. The van der Waals surface area contributed by atoms with Gasteiger partial charge in [-0.25, -0.2) is 0 Å². The fourth-order valence-corrected chi connectivity index (χ4v) is 2.05. The minimum Gasteiger partial charge on any atom is -0.508 e. The van der Waals surface area contributed by atoms with Crippen molar-refractivity contribution in [3.05, 3.63) is 61.2 Å². The first kappa shape index (κ1) is 10.6. The topological polar surface area (TPSA) is 48.9 Å². The van der Waals surface area contributed by atoms with E-state index in [1.807, 2.05) is 36.7 Å². The number of phenols is 1. The van der Waals surface area contributed by atoms with E-state index in [0.29, 0.717) is 0 Å². The molecule has 0 aliphatic rings. The van der Waals surface area contributed by atoms with E-state index < -0.39 is 0 Å². The molecule has 3 aromatic rings. The van der Waals surface area contributed by atoms with E-state index in [1.54, 1.807) is 24.5 Å². The van der Waals surface area contributed by atoms with Crippen molar-refractivity contribution in [3.63, 3.8) is 0 Å². The zero-order chi connectivity index (χ0) is 12.4. The van der Waals surface area contributed by atoms with Gasteiger partial charge in [0.2, 0.25) is 0 Å². The van der Waals surface area contributed by atoms with Crippen LogP contribution in [0.4, 0.5) is 0 Å². The second kappa shape index (κ2) is 4.37. The molecule has 2 aromatic heterocycles. The quantitative estimate of drug-likeness (QED) is 0.716. The lowest BCUT2D eigenvalue weighted by Crippen LogP contribution is -1.80. The molecule has 0 radical (unpaired) electrons. The van der Waals surface area contributed by atoms with Crippen LogP contribution >= 0.6 is 0 Å². The molecule has 0 aliphatic heterocycles. The van der Waals surface area contributed by atoms with Crippen molar-refractivity contribution >= 4 is 0 Å². The Labute approximate surface area is 105 Å². The van der Waals surface area contributed by atoms with Crippen LogP contribution in [0, 0.1) is 0 Å². The number of hydrogen-bond acceptors (Lipinski definition) is 2. The fraction of sp³-hybridized carbons (Fsp3) is 0. The first-order valence-corrected chi connectivity index (χ1v) is 5.71. The highest BCUT2D eigenvalue weighted by atomic mass is 16.3. The van der Waals surface area contributed by atoms with Crippen LogP contribution in [0.25, 0.3) is 22.3 Å². The predicted octanol–water partition coefficient (Wildman–Crippen LogP) is 3.45. The van der Waals surface area contributed by atoms with Crippen molar-refractivity contribution in [1.82, 2.24) is 9.97 Å². The molecule has 3 heteroatoms. The van der Waals surface area contributed by atoms with Crippen LogP contribution in [0.3, 0.4) is 0 Å². The molecule has 0 saturated carbocycles. The van der Waals surface area contributed by atoms with E-state index in [2.05, 4.69) is 9.97 Å². The SMILES string of the molecule is Oc1cccc(-c2c[nH]cc2-c2ccncc2)c1. The monoisotopic (exact) mass is 236 g/mol. The van der Waals surface area contributed by atoms with E-state index >= 15 is 0 Å². The minimum atomic E-state index is 0.273. The van der Waals surface area contributed by atoms with E-state index in [0.717, 1.165) is 22.3 Å². The molecule has 0 saturated heterocycles. The molecule has 3 rings (SSSR count). The van der Waals surface area contributed by atoms with Gasteiger partial charge in [0.05, 0.1) is 0 Å². The number of rotatable bonds is 2. The predicted molar refractivity (Wildman–Crippen MR) is 71.1 cm³/mol. The van der Waals surface area contributed by atoms with Gasteiger partial charge in [-0.05, 0) is 35.4 Å². The Morgan fingerprint density at radius 1 is 0.889 bits per heavy atom. The molecule has 0 spiro atoms. The lowest BCUT2D eigenvalue weighted by molar-refractivity contribution is 0.475. The maximum absolute atomic E-state index is 9.55. The third kappa shape index (κ3) is 1.86. The highest BCUT2D eigenvalue weighted by Crippen LogP contribution is 2.32. The number of nitrogens with one attached hydrogen (secondary N) is 1. The number of nitrogens with zero attached hydrogens (tertiary/aromatic N) is 1. The summed E-state index contributed by atoms with van der Waals surface area (Å²) in [7, 11) is 0. The average Bonchev–Trinajstić information content (AvgIpc) is 2.89. The Morgan fingerprint density at radius 2 is 1.61 bits per heavy atom. The molecule has 3 nitrogen and oxygen atoms in total. The van der Waals surface area contributed by atoms with Crippen LogP contribution in [0.1, 0.15) is 0 Å². The number of hydrogen-bond donors (Lipinski definition) is 2. The molecule has 88 valence electrons. The Morgan fingerprint density at radius 3 is 2.33 bits per heavy atom. The van der Waals surface area contributed by atoms with Gasteiger partial charge in [-0.3, -0.25) is 4.98 Å². The molecule has 18 heavy (non-hydrogen) atoms. The lowest BCUT2D eigenvalue weighted by atomic mass is 10.00. The summed E-state index contributed by atoms with van der Waals surface area (Å²) in [6, 6.07) is 11.2. The molecule has 0 fully saturated rings. The third-order valence-electron chi connectivity index (χ3n) is 2.89. The van der Waals surface area contributed by atoms with Crippen LogP contribution < -0.4 is 0 Å². The number of pyridine rings is 1. The summed E-state index contributed by atoms with van der Waals surface area (Å²) in [5.74, 6) is 0.273. The van der Waals surface area contributed by atoms with Gasteiger partial charge in [0.1, 0.15) is 5.75 Å². The molecule has 2 heterocycles. The Hall–Kier alpha value is -2.55. The standard InChI is InChI=1S/C15H12N2O/c18-13-3-1-2-12(8-13)15-10-17-9-14(15)11-4-6-16-7-5-11/h1-10,17-18H. The molecule has 0 amide bonds. The Bertz CT molecular complexity index is 659. The van der Waals surface area contributed by atoms with E-state index in [9.17, 15) is 5.11 Å². The van der Waals surface area contributed by atoms with Crippen molar-refractivity contribution in [2.45, 2.75) is 0 Å². The largest absolute Gasteiger partial charge is 0.508 e. The fourth-order valence-electron chi connectivity index (χ4n) is 2.05. The first-order chi connectivity index (χ1) is 8.84. The highest BCUT2D eigenvalue weighted by Gasteiger charge is 2.08. The van der Waals surface area contributed by atoms with Gasteiger partial charge >= 0.3 is 0 Å². The Balaban J connectivity index is 2.13. The number of phenolic OH excluding ortho intramolecular Hbond substituents is 1. The van der Waals surface area contributed by atoms with E-state index in [-0.39, 0.29) is 5.75 Å². The minimum absolute atomic E-state index is 0.273. The number of H-pyrrole nitrogens is 1. The summed E-state index contributed by atoms with van der Waals surface area (Å²) in [6.07, 6.45) is 7.43. The van der Waals surface area contributed by atoms with Crippen molar-refractivity contribution in [2.75, 3.05) is 0 Å². The maximum Gasteiger partial charge on any atom is 0.116 e. The van der Waals surface area contributed by atoms with Gasteiger partial charge in [0.25, 0.3) is 0 Å². The summed E-state index contributed by atoms with van der Waals surface area (Å²) in [6.45, 7) is 0. The summed E-state index contributed by atoms with van der Waals surface area (Å²) in [5, 5.41) is 9.55. The molecule has 1 aromatic carbocycles. The zero-order valence-corrected chi connectivity index (χ0v) is 9.67. The molecular weight excluding hydrogens is 224 g/mol. The zero-order valence-electron chi connectivity index (χ0n) is 9.67. The Kier molecular flexibility index (Phi) is 2.57. The highest BCUT2D eigenvalue weighted by molar-refractivity contribution is 5.83. The van der Waals surface area contributed by atoms with Gasteiger partial charge < -0.3 is 10.1 Å². The van der Waals surface area contributed by atoms with E-state index in [4.69, 9.17) is 0 Å². The van der Waals surface area contributed by atoms with Crippen LogP contribution in [0.15, 0.2) is 61.2 Å². The van der Waals surface area contributed by atoms with Crippen molar-refractivity contribution in [3.8, 4) is 28.0 Å². The summed E-state index contributed by atoms with van der Waals surface area (Å²) in [4.78, 5) is 7.13. The molecule has 0 aliphatic carbocycles. The van der Waals surface area contributed by atoms with Crippen LogP contribution in [-0.4, -0.2) is 15.1 Å².